The fourth-order valence-corrected chi connectivity index (χ4v) is 1.68. The summed E-state index contributed by atoms with van der Waals surface area (Å²) in [6.07, 6.45) is 0. The maximum absolute atomic E-state index is 10.8. The van der Waals surface area contributed by atoms with Gasteiger partial charge in [-0.3, -0.25) is 4.79 Å². The molecular formula is C11H13BrClNO2. The Hall–Kier alpha value is -0.740. The molecule has 0 amide bonds. The minimum absolute atomic E-state index is 0.148. The van der Waals surface area contributed by atoms with E-state index in [-0.39, 0.29) is 6.04 Å². The monoisotopic (exact) mass is 305 g/mol. The average molecular weight is 307 g/mol. The summed E-state index contributed by atoms with van der Waals surface area (Å²) in [6.45, 7) is 3.51. The molecule has 1 aromatic rings. The summed E-state index contributed by atoms with van der Waals surface area (Å²) in [6, 6.07) is 5.25. The van der Waals surface area contributed by atoms with Crippen LogP contribution in [0, 0.1) is 5.92 Å². The molecule has 0 aliphatic heterocycles. The fourth-order valence-electron chi connectivity index (χ4n) is 1.19. The van der Waals surface area contributed by atoms with Gasteiger partial charge in [0, 0.05) is 16.2 Å². The lowest BCUT2D eigenvalue weighted by atomic mass is 10.0. The van der Waals surface area contributed by atoms with E-state index in [4.69, 9.17) is 16.7 Å². The molecule has 0 heterocycles. The highest BCUT2D eigenvalue weighted by Crippen LogP contribution is 2.26. The molecule has 0 saturated heterocycles. The Morgan fingerprint density at radius 2 is 2.12 bits per heavy atom. The van der Waals surface area contributed by atoms with Crippen molar-refractivity contribution in [2.45, 2.75) is 19.9 Å². The van der Waals surface area contributed by atoms with Crippen LogP contribution in [-0.2, 0) is 4.79 Å². The summed E-state index contributed by atoms with van der Waals surface area (Å²) in [5, 5.41) is 12.6. The molecule has 2 atom stereocenters. The van der Waals surface area contributed by atoms with E-state index < -0.39 is 11.9 Å². The van der Waals surface area contributed by atoms with Gasteiger partial charge >= 0.3 is 5.97 Å². The number of aliphatic carboxylic acids is 1. The quantitative estimate of drug-likeness (QED) is 0.893. The molecule has 5 heteroatoms. The standard InChI is InChI=1S/C11H13BrClNO2/c1-6(11(15)16)7(2)14-8-3-4-10(13)9(12)5-8/h3-7,14H,1-2H3,(H,15,16). The van der Waals surface area contributed by atoms with Crippen molar-refractivity contribution in [2.24, 2.45) is 5.92 Å². The second-order valence-electron chi connectivity index (χ2n) is 3.69. The smallest absolute Gasteiger partial charge is 0.308 e. The van der Waals surface area contributed by atoms with Gasteiger partial charge in [-0.25, -0.2) is 0 Å². The second-order valence-corrected chi connectivity index (χ2v) is 4.95. The van der Waals surface area contributed by atoms with Gasteiger partial charge in [0.15, 0.2) is 0 Å². The Balaban J connectivity index is 2.73. The van der Waals surface area contributed by atoms with Crippen LogP contribution in [0.15, 0.2) is 22.7 Å². The maximum Gasteiger partial charge on any atom is 0.308 e. The lowest BCUT2D eigenvalue weighted by molar-refractivity contribution is -0.141. The Morgan fingerprint density at radius 3 is 2.62 bits per heavy atom. The lowest BCUT2D eigenvalue weighted by Gasteiger charge is -2.19. The summed E-state index contributed by atoms with van der Waals surface area (Å²) in [5.41, 5.74) is 0.844. The first-order chi connectivity index (χ1) is 7.41. The number of halogens is 2. The van der Waals surface area contributed by atoms with Crippen LogP contribution in [0.5, 0.6) is 0 Å². The zero-order valence-electron chi connectivity index (χ0n) is 9.00. The molecule has 2 N–H and O–H groups in total. The van der Waals surface area contributed by atoms with Gasteiger partial charge in [0.2, 0.25) is 0 Å². The number of hydrogen-bond donors (Lipinski definition) is 2. The number of nitrogens with one attached hydrogen (secondary N) is 1. The van der Waals surface area contributed by atoms with Crippen LogP contribution >= 0.6 is 27.5 Å². The number of carbonyl (C=O) groups is 1. The van der Waals surface area contributed by atoms with Crippen LogP contribution in [0.25, 0.3) is 0 Å². The molecule has 3 nitrogen and oxygen atoms in total. The van der Waals surface area contributed by atoms with E-state index in [1.807, 2.05) is 19.1 Å². The van der Waals surface area contributed by atoms with Crippen LogP contribution in [-0.4, -0.2) is 17.1 Å². The van der Waals surface area contributed by atoms with Gasteiger partial charge in [-0.1, -0.05) is 11.6 Å². The van der Waals surface area contributed by atoms with E-state index in [9.17, 15) is 4.79 Å². The third-order valence-electron chi connectivity index (χ3n) is 2.45. The molecule has 16 heavy (non-hydrogen) atoms. The maximum atomic E-state index is 10.8. The van der Waals surface area contributed by atoms with Crippen molar-refractivity contribution in [1.82, 2.24) is 0 Å². The SMILES string of the molecule is CC(Nc1ccc(Cl)c(Br)c1)C(C)C(=O)O. The Labute approximate surface area is 108 Å². The van der Waals surface area contributed by atoms with Gasteiger partial charge in [0.05, 0.1) is 10.9 Å². The predicted octanol–water partition coefficient (Wildman–Crippen LogP) is 3.62. The zero-order chi connectivity index (χ0) is 12.3. The van der Waals surface area contributed by atoms with Crippen LogP contribution in [0.3, 0.4) is 0 Å². The molecular weight excluding hydrogens is 293 g/mol. The average Bonchev–Trinajstić information content (AvgIpc) is 2.22. The van der Waals surface area contributed by atoms with E-state index in [0.29, 0.717) is 5.02 Å². The first-order valence-electron chi connectivity index (χ1n) is 4.86. The van der Waals surface area contributed by atoms with Gasteiger partial charge in [-0.2, -0.15) is 0 Å². The topological polar surface area (TPSA) is 49.3 Å². The second kappa shape index (κ2) is 5.55. The van der Waals surface area contributed by atoms with Crippen molar-refractivity contribution in [3.05, 3.63) is 27.7 Å². The number of benzene rings is 1. The Kier molecular flexibility index (Phi) is 4.62. The number of hydrogen-bond acceptors (Lipinski definition) is 2. The number of carboxylic acid groups (broad SMARTS) is 1. The van der Waals surface area contributed by atoms with Crippen molar-refractivity contribution in [1.29, 1.82) is 0 Å². The normalized spacial score (nSPS) is 14.2. The minimum atomic E-state index is -0.812. The number of anilines is 1. The van der Waals surface area contributed by atoms with E-state index >= 15 is 0 Å². The first kappa shape index (κ1) is 13.3. The third-order valence-corrected chi connectivity index (χ3v) is 3.67. The number of rotatable bonds is 4. The van der Waals surface area contributed by atoms with E-state index in [0.717, 1.165) is 10.2 Å². The molecule has 1 aromatic carbocycles. The van der Waals surface area contributed by atoms with Gasteiger partial charge in [0.1, 0.15) is 0 Å². The molecule has 0 radical (unpaired) electrons. The van der Waals surface area contributed by atoms with Gasteiger partial charge in [0.25, 0.3) is 0 Å². The van der Waals surface area contributed by atoms with E-state index in [1.54, 1.807) is 13.0 Å². The molecule has 88 valence electrons. The summed E-state index contributed by atoms with van der Waals surface area (Å²) >= 11 is 9.18. The number of carboxylic acids is 1. The zero-order valence-corrected chi connectivity index (χ0v) is 11.3. The van der Waals surface area contributed by atoms with Crippen molar-refractivity contribution in [3.63, 3.8) is 0 Å². The fraction of sp³-hybridized carbons (Fsp3) is 0.364. The summed E-state index contributed by atoms with van der Waals surface area (Å²) in [5.74, 6) is -1.26. The molecule has 2 unspecified atom stereocenters. The van der Waals surface area contributed by atoms with Crippen LogP contribution in [0.4, 0.5) is 5.69 Å². The van der Waals surface area contributed by atoms with Crippen LogP contribution in [0.1, 0.15) is 13.8 Å². The molecule has 0 aromatic heterocycles. The molecule has 0 spiro atoms. The van der Waals surface area contributed by atoms with Crippen LogP contribution in [0.2, 0.25) is 5.02 Å². The Morgan fingerprint density at radius 1 is 1.50 bits per heavy atom. The predicted molar refractivity (Wildman–Crippen MR) is 69.0 cm³/mol. The summed E-state index contributed by atoms with van der Waals surface area (Å²) in [7, 11) is 0. The lowest BCUT2D eigenvalue weighted by Crippen LogP contribution is -2.29. The van der Waals surface area contributed by atoms with Gasteiger partial charge < -0.3 is 10.4 Å². The first-order valence-corrected chi connectivity index (χ1v) is 6.03. The van der Waals surface area contributed by atoms with Crippen molar-refractivity contribution in [2.75, 3.05) is 5.32 Å². The van der Waals surface area contributed by atoms with Crippen molar-refractivity contribution in [3.8, 4) is 0 Å². The molecule has 1 rings (SSSR count). The minimum Gasteiger partial charge on any atom is -0.481 e. The largest absolute Gasteiger partial charge is 0.481 e. The van der Waals surface area contributed by atoms with Crippen molar-refractivity contribution < 1.29 is 9.90 Å². The van der Waals surface area contributed by atoms with Crippen molar-refractivity contribution >= 4 is 39.2 Å². The summed E-state index contributed by atoms with van der Waals surface area (Å²) < 4.78 is 0.786. The Bertz CT molecular complexity index is 398. The van der Waals surface area contributed by atoms with E-state index in [2.05, 4.69) is 21.2 Å². The third kappa shape index (κ3) is 3.39. The van der Waals surface area contributed by atoms with Gasteiger partial charge in [-0.05, 0) is 48.0 Å². The van der Waals surface area contributed by atoms with E-state index in [1.165, 1.54) is 0 Å². The molecule has 0 saturated carbocycles. The van der Waals surface area contributed by atoms with Crippen LogP contribution < -0.4 is 5.32 Å². The highest BCUT2D eigenvalue weighted by atomic mass is 79.9. The molecule has 0 fully saturated rings. The molecule has 0 bridgehead atoms. The summed E-state index contributed by atoms with van der Waals surface area (Å²) in [4.78, 5) is 10.8. The molecule has 0 aliphatic rings. The highest BCUT2D eigenvalue weighted by Gasteiger charge is 2.19. The molecule has 0 aliphatic carbocycles. The highest BCUT2D eigenvalue weighted by molar-refractivity contribution is 9.10. The van der Waals surface area contributed by atoms with Gasteiger partial charge in [-0.15, -0.1) is 0 Å².